The molecule has 0 unspecified atom stereocenters. The molecule has 0 fully saturated rings. The maximum atomic E-state index is 5.92. The smallest absolute Gasteiger partial charge is 0.217 e. The maximum Gasteiger partial charge on any atom is 0.217 e. The fourth-order valence-electron chi connectivity index (χ4n) is 2.05. The normalized spacial score (nSPS) is 18.8. The van der Waals surface area contributed by atoms with E-state index in [0.717, 1.165) is 18.0 Å². The van der Waals surface area contributed by atoms with Gasteiger partial charge in [-0.2, -0.15) is 0 Å². The Morgan fingerprint density at radius 3 is 2.35 bits per heavy atom. The molecule has 0 aromatic heterocycles. The van der Waals surface area contributed by atoms with Gasteiger partial charge in [0.15, 0.2) is 0 Å². The predicted molar refractivity (Wildman–Crippen MR) is 71.7 cm³/mol. The monoisotopic (exact) mass is 231 g/mol. The minimum atomic E-state index is -0.166. The van der Waals surface area contributed by atoms with Crippen LogP contribution in [-0.2, 0) is 10.2 Å². The number of hydrogen-bond acceptors (Lipinski definition) is 2. The lowest BCUT2D eigenvalue weighted by atomic mass is 9.84. The number of nitrogens with zero attached hydrogens (tertiary/aromatic N) is 1. The van der Waals surface area contributed by atoms with Crippen LogP contribution in [0.2, 0.25) is 0 Å². The number of hydrogen-bond donors (Lipinski definition) is 0. The zero-order valence-electron chi connectivity index (χ0n) is 11.4. The van der Waals surface area contributed by atoms with Crippen LogP contribution in [0.4, 0.5) is 0 Å². The molecule has 0 saturated heterocycles. The minimum Gasteiger partial charge on any atom is -0.469 e. The maximum absolute atomic E-state index is 5.92. The van der Waals surface area contributed by atoms with Crippen LogP contribution < -0.4 is 0 Å². The van der Waals surface area contributed by atoms with Gasteiger partial charge in [-0.3, -0.25) is 0 Å². The SMILES string of the molecule is CC1(C)CN=C(c2ccccc2C(C)(C)C)O1. The molecule has 2 heteroatoms. The van der Waals surface area contributed by atoms with Crippen molar-refractivity contribution in [3.8, 4) is 0 Å². The first-order valence-electron chi connectivity index (χ1n) is 6.13. The lowest BCUT2D eigenvalue weighted by Gasteiger charge is -2.24. The van der Waals surface area contributed by atoms with Crippen molar-refractivity contribution in [3.05, 3.63) is 35.4 Å². The first kappa shape index (κ1) is 12.2. The highest BCUT2D eigenvalue weighted by Gasteiger charge is 2.30. The van der Waals surface area contributed by atoms with Crippen molar-refractivity contribution >= 4 is 5.90 Å². The molecular formula is C15H21NO. The minimum absolute atomic E-state index is 0.106. The number of aliphatic imine (C=N–C) groups is 1. The fraction of sp³-hybridized carbons (Fsp3) is 0.533. The first-order valence-corrected chi connectivity index (χ1v) is 6.13. The Labute approximate surface area is 104 Å². The summed E-state index contributed by atoms with van der Waals surface area (Å²) in [6.07, 6.45) is 0. The second-order valence-electron chi connectivity index (χ2n) is 6.28. The third kappa shape index (κ3) is 2.51. The lowest BCUT2D eigenvalue weighted by molar-refractivity contribution is 0.131. The Morgan fingerprint density at radius 2 is 1.82 bits per heavy atom. The average Bonchev–Trinajstić information content (AvgIpc) is 2.58. The molecule has 1 aromatic rings. The average molecular weight is 231 g/mol. The molecule has 1 aromatic carbocycles. The molecular weight excluding hydrogens is 210 g/mol. The molecule has 0 atom stereocenters. The van der Waals surface area contributed by atoms with Gasteiger partial charge in [0.25, 0.3) is 0 Å². The summed E-state index contributed by atoms with van der Waals surface area (Å²) >= 11 is 0. The van der Waals surface area contributed by atoms with E-state index in [2.05, 4.69) is 57.8 Å². The van der Waals surface area contributed by atoms with Crippen molar-refractivity contribution in [3.63, 3.8) is 0 Å². The molecule has 0 amide bonds. The zero-order valence-corrected chi connectivity index (χ0v) is 11.4. The van der Waals surface area contributed by atoms with Gasteiger partial charge in [-0.15, -0.1) is 0 Å². The van der Waals surface area contributed by atoms with Crippen LogP contribution >= 0.6 is 0 Å². The molecule has 0 aliphatic carbocycles. The first-order chi connectivity index (χ1) is 7.80. The van der Waals surface area contributed by atoms with Crippen molar-refractivity contribution < 1.29 is 4.74 Å². The summed E-state index contributed by atoms with van der Waals surface area (Å²) in [6, 6.07) is 8.37. The Kier molecular flexibility index (Phi) is 2.76. The van der Waals surface area contributed by atoms with Crippen molar-refractivity contribution in [2.75, 3.05) is 6.54 Å². The highest BCUT2D eigenvalue weighted by atomic mass is 16.5. The van der Waals surface area contributed by atoms with Crippen LogP contribution in [0.25, 0.3) is 0 Å². The fourth-order valence-corrected chi connectivity index (χ4v) is 2.05. The summed E-state index contributed by atoms with van der Waals surface area (Å²) < 4.78 is 5.92. The molecule has 0 radical (unpaired) electrons. The van der Waals surface area contributed by atoms with E-state index in [0.29, 0.717) is 0 Å². The van der Waals surface area contributed by atoms with E-state index in [9.17, 15) is 0 Å². The molecule has 17 heavy (non-hydrogen) atoms. The predicted octanol–water partition coefficient (Wildman–Crippen LogP) is 3.54. The Morgan fingerprint density at radius 1 is 1.18 bits per heavy atom. The van der Waals surface area contributed by atoms with Gasteiger partial charge in [-0.25, -0.2) is 4.99 Å². The lowest BCUT2D eigenvalue weighted by Crippen LogP contribution is -2.25. The highest BCUT2D eigenvalue weighted by Crippen LogP contribution is 2.29. The molecule has 2 rings (SSSR count). The van der Waals surface area contributed by atoms with Crippen LogP contribution in [0.15, 0.2) is 29.3 Å². The van der Waals surface area contributed by atoms with Crippen LogP contribution in [-0.4, -0.2) is 18.0 Å². The summed E-state index contributed by atoms with van der Waals surface area (Å²) in [5, 5.41) is 0. The Hall–Kier alpha value is -1.31. The molecule has 0 N–H and O–H groups in total. The zero-order chi connectivity index (χ0) is 12.7. The standard InChI is InChI=1S/C15H21NO/c1-14(2,3)12-9-7-6-8-11(12)13-16-10-15(4,5)17-13/h6-9H,10H2,1-5H3. The van der Waals surface area contributed by atoms with Gasteiger partial charge in [0.05, 0.1) is 6.54 Å². The van der Waals surface area contributed by atoms with Crippen molar-refractivity contribution in [1.82, 2.24) is 0 Å². The number of benzene rings is 1. The van der Waals surface area contributed by atoms with Crippen LogP contribution in [0.5, 0.6) is 0 Å². The van der Waals surface area contributed by atoms with E-state index >= 15 is 0 Å². The van der Waals surface area contributed by atoms with Crippen molar-refractivity contribution in [1.29, 1.82) is 0 Å². The largest absolute Gasteiger partial charge is 0.469 e. The van der Waals surface area contributed by atoms with Crippen LogP contribution in [0.1, 0.15) is 45.7 Å². The number of rotatable bonds is 1. The molecule has 2 nitrogen and oxygen atoms in total. The second-order valence-corrected chi connectivity index (χ2v) is 6.28. The second kappa shape index (κ2) is 3.86. The van der Waals surface area contributed by atoms with E-state index in [4.69, 9.17) is 4.74 Å². The van der Waals surface area contributed by atoms with Gasteiger partial charge in [-0.1, -0.05) is 39.0 Å². The van der Waals surface area contributed by atoms with Gasteiger partial charge in [0.1, 0.15) is 5.60 Å². The van der Waals surface area contributed by atoms with Gasteiger partial charge in [-0.05, 0) is 30.9 Å². The molecule has 0 bridgehead atoms. The summed E-state index contributed by atoms with van der Waals surface area (Å²) in [6.45, 7) is 11.5. The molecule has 1 aliphatic rings. The van der Waals surface area contributed by atoms with Crippen molar-refractivity contribution in [2.24, 2.45) is 4.99 Å². The van der Waals surface area contributed by atoms with Gasteiger partial charge in [0, 0.05) is 5.56 Å². The van der Waals surface area contributed by atoms with E-state index < -0.39 is 0 Å². The summed E-state index contributed by atoms with van der Waals surface area (Å²) in [5.74, 6) is 0.792. The van der Waals surface area contributed by atoms with Crippen molar-refractivity contribution in [2.45, 2.75) is 45.6 Å². The summed E-state index contributed by atoms with van der Waals surface area (Å²) in [7, 11) is 0. The van der Waals surface area contributed by atoms with E-state index in [1.165, 1.54) is 5.56 Å². The third-order valence-corrected chi connectivity index (χ3v) is 2.94. The van der Waals surface area contributed by atoms with Crippen LogP contribution in [0.3, 0.4) is 0 Å². The molecule has 1 heterocycles. The summed E-state index contributed by atoms with van der Waals surface area (Å²) in [4.78, 5) is 4.53. The Balaban J connectivity index is 2.41. The van der Waals surface area contributed by atoms with E-state index in [1.54, 1.807) is 0 Å². The van der Waals surface area contributed by atoms with Gasteiger partial charge in [0.2, 0.25) is 5.90 Å². The molecule has 0 saturated carbocycles. The highest BCUT2D eigenvalue weighted by molar-refractivity contribution is 5.97. The molecule has 92 valence electrons. The Bertz CT molecular complexity index is 452. The van der Waals surface area contributed by atoms with E-state index in [-0.39, 0.29) is 11.0 Å². The molecule has 0 spiro atoms. The third-order valence-electron chi connectivity index (χ3n) is 2.94. The summed E-state index contributed by atoms with van der Waals surface area (Å²) in [5.41, 5.74) is 2.36. The van der Waals surface area contributed by atoms with Crippen LogP contribution in [0, 0.1) is 0 Å². The quantitative estimate of drug-likeness (QED) is 0.724. The van der Waals surface area contributed by atoms with E-state index in [1.807, 2.05) is 6.07 Å². The molecule has 1 aliphatic heterocycles. The topological polar surface area (TPSA) is 21.6 Å². The van der Waals surface area contributed by atoms with Gasteiger partial charge < -0.3 is 4.74 Å². The van der Waals surface area contributed by atoms with Gasteiger partial charge >= 0.3 is 0 Å². The number of ether oxygens (including phenoxy) is 1.